The standard InChI is InChI=1S/C25H21BrN2O6S/c1-4-32-24(30)21-13(2)27-25-28(22(21)14-5-7-18-19(10-14)34-12-33-18)23(29)20(35-25)11-15-9-16(26)6-8-17(15)31-3/h5-11,22H,4,12H2,1-3H3/b20-11-. The SMILES string of the molecule is CCOC(=O)C1=C(C)N=c2s/c(=C\c3cc(Br)ccc3OC)c(=O)n2C1c1ccc2c(c1)OCO2. The molecule has 0 amide bonds. The van der Waals surface area contributed by atoms with E-state index in [1.807, 2.05) is 24.3 Å². The summed E-state index contributed by atoms with van der Waals surface area (Å²) in [7, 11) is 1.58. The van der Waals surface area contributed by atoms with E-state index in [4.69, 9.17) is 18.9 Å². The minimum Gasteiger partial charge on any atom is -0.496 e. The third-order valence-electron chi connectivity index (χ3n) is 5.71. The highest BCUT2D eigenvalue weighted by atomic mass is 79.9. The molecule has 0 N–H and O–H groups in total. The molecule has 1 atom stereocenters. The van der Waals surface area contributed by atoms with Crippen molar-refractivity contribution in [3.63, 3.8) is 0 Å². The summed E-state index contributed by atoms with van der Waals surface area (Å²) in [6.45, 7) is 3.82. The number of nitrogens with zero attached hydrogens (tertiary/aromatic N) is 2. The van der Waals surface area contributed by atoms with Crippen molar-refractivity contribution in [1.82, 2.24) is 4.57 Å². The minimum absolute atomic E-state index is 0.121. The Labute approximate surface area is 212 Å². The average Bonchev–Trinajstić information content (AvgIpc) is 3.42. The molecule has 3 heterocycles. The molecule has 10 heteroatoms. The predicted molar refractivity (Wildman–Crippen MR) is 134 cm³/mol. The normalized spacial score (nSPS) is 16.7. The molecule has 35 heavy (non-hydrogen) atoms. The van der Waals surface area contributed by atoms with E-state index in [2.05, 4.69) is 20.9 Å². The van der Waals surface area contributed by atoms with Gasteiger partial charge in [-0.1, -0.05) is 33.3 Å². The molecule has 2 aliphatic rings. The first-order valence-electron chi connectivity index (χ1n) is 10.8. The average molecular weight is 557 g/mol. The third kappa shape index (κ3) is 4.17. The molecule has 2 aromatic carbocycles. The highest BCUT2D eigenvalue weighted by Crippen LogP contribution is 2.38. The van der Waals surface area contributed by atoms with E-state index in [-0.39, 0.29) is 19.0 Å². The Morgan fingerprint density at radius 1 is 1.26 bits per heavy atom. The molecule has 8 nitrogen and oxygen atoms in total. The number of allylic oxidation sites excluding steroid dienone is 1. The van der Waals surface area contributed by atoms with E-state index in [0.29, 0.717) is 43.4 Å². The van der Waals surface area contributed by atoms with Gasteiger partial charge in [0.25, 0.3) is 5.56 Å². The first-order chi connectivity index (χ1) is 16.9. The number of aromatic nitrogens is 1. The number of hydrogen-bond donors (Lipinski definition) is 0. The molecule has 0 bridgehead atoms. The van der Waals surface area contributed by atoms with Crippen LogP contribution in [-0.4, -0.2) is 31.0 Å². The number of ether oxygens (including phenoxy) is 4. The van der Waals surface area contributed by atoms with Crippen LogP contribution in [0, 0.1) is 0 Å². The van der Waals surface area contributed by atoms with Crippen molar-refractivity contribution < 1.29 is 23.7 Å². The highest BCUT2D eigenvalue weighted by molar-refractivity contribution is 9.10. The van der Waals surface area contributed by atoms with Crippen LogP contribution in [0.1, 0.15) is 31.0 Å². The van der Waals surface area contributed by atoms with Gasteiger partial charge in [-0.05, 0) is 55.8 Å². The number of hydrogen-bond acceptors (Lipinski definition) is 8. The number of carbonyl (C=O) groups excluding carboxylic acids is 1. The minimum atomic E-state index is -0.730. The van der Waals surface area contributed by atoms with E-state index in [1.54, 1.807) is 39.2 Å². The largest absolute Gasteiger partial charge is 0.496 e. The summed E-state index contributed by atoms with van der Waals surface area (Å²) in [5, 5.41) is 0. The van der Waals surface area contributed by atoms with Crippen molar-refractivity contribution in [2.45, 2.75) is 19.9 Å². The summed E-state index contributed by atoms with van der Waals surface area (Å²) in [6.07, 6.45) is 1.77. The maximum absolute atomic E-state index is 13.8. The first-order valence-corrected chi connectivity index (χ1v) is 12.4. The molecule has 0 saturated heterocycles. The third-order valence-corrected chi connectivity index (χ3v) is 7.18. The zero-order valence-electron chi connectivity index (χ0n) is 19.2. The number of esters is 1. The van der Waals surface area contributed by atoms with Gasteiger partial charge in [0.05, 0.1) is 35.6 Å². The van der Waals surface area contributed by atoms with Crippen molar-refractivity contribution in [3.05, 3.63) is 83.0 Å². The smallest absolute Gasteiger partial charge is 0.338 e. The summed E-state index contributed by atoms with van der Waals surface area (Å²) in [6, 6.07) is 10.2. The van der Waals surface area contributed by atoms with Gasteiger partial charge < -0.3 is 18.9 Å². The van der Waals surface area contributed by atoms with Gasteiger partial charge in [-0.15, -0.1) is 0 Å². The molecule has 0 saturated carbocycles. The summed E-state index contributed by atoms with van der Waals surface area (Å²) in [5.41, 5.74) is 1.98. The van der Waals surface area contributed by atoms with Crippen molar-refractivity contribution in [3.8, 4) is 17.2 Å². The Kier molecular flexibility index (Phi) is 6.24. The molecule has 0 radical (unpaired) electrons. The monoisotopic (exact) mass is 556 g/mol. The number of benzene rings is 2. The van der Waals surface area contributed by atoms with Gasteiger partial charge in [0.2, 0.25) is 6.79 Å². The lowest BCUT2D eigenvalue weighted by Gasteiger charge is -2.24. The molecule has 0 spiro atoms. The van der Waals surface area contributed by atoms with Crippen LogP contribution in [0.2, 0.25) is 0 Å². The lowest BCUT2D eigenvalue weighted by molar-refractivity contribution is -0.139. The quantitative estimate of drug-likeness (QED) is 0.448. The number of rotatable bonds is 5. The van der Waals surface area contributed by atoms with Gasteiger partial charge in [-0.25, -0.2) is 9.79 Å². The summed E-state index contributed by atoms with van der Waals surface area (Å²) >= 11 is 4.72. The fourth-order valence-corrected chi connectivity index (χ4v) is 5.57. The molecule has 5 rings (SSSR count). The molecule has 1 aromatic heterocycles. The van der Waals surface area contributed by atoms with Crippen LogP contribution in [-0.2, 0) is 9.53 Å². The first kappa shape index (κ1) is 23.4. The van der Waals surface area contributed by atoms with E-state index in [9.17, 15) is 9.59 Å². The number of methoxy groups -OCH3 is 1. The predicted octanol–water partition coefficient (Wildman–Crippen LogP) is 3.30. The van der Waals surface area contributed by atoms with Crippen molar-refractivity contribution in [1.29, 1.82) is 0 Å². The molecule has 180 valence electrons. The van der Waals surface area contributed by atoms with Crippen LogP contribution in [0.5, 0.6) is 17.2 Å². The Hall–Kier alpha value is -3.37. The Bertz CT molecular complexity index is 1550. The van der Waals surface area contributed by atoms with E-state index in [1.165, 1.54) is 15.9 Å². The zero-order valence-corrected chi connectivity index (χ0v) is 21.6. The van der Waals surface area contributed by atoms with Gasteiger partial charge in [0.1, 0.15) is 5.75 Å². The van der Waals surface area contributed by atoms with Crippen molar-refractivity contribution in [2.75, 3.05) is 20.5 Å². The van der Waals surface area contributed by atoms with Gasteiger partial charge in [0.15, 0.2) is 16.3 Å². The molecule has 1 unspecified atom stereocenters. The van der Waals surface area contributed by atoms with E-state index < -0.39 is 12.0 Å². The second-order valence-corrected chi connectivity index (χ2v) is 9.73. The fraction of sp³-hybridized carbons (Fsp3) is 0.240. The summed E-state index contributed by atoms with van der Waals surface area (Å²) in [5.74, 6) is 1.29. The van der Waals surface area contributed by atoms with E-state index in [0.717, 1.165) is 10.0 Å². The van der Waals surface area contributed by atoms with Crippen molar-refractivity contribution >= 4 is 39.3 Å². The number of halogens is 1. The molecular formula is C25H21BrN2O6S. The maximum Gasteiger partial charge on any atom is 0.338 e. The fourth-order valence-electron chi connectivity index (χ4n) is 4.15. The van der Waals surface area contributed by atoms with Gasteiger partial charge in [-0.2, -0.15) is 0 Å². The topological polar surface area (TPSA) is 88.4 Å². The summed E-state index contributed by atoms with van der Waals surface area (Å²) in [4.78, 5) is 31.9. The Balaban J connectivity index is 1.74. The maximum atomic E-state index is 13.8. The van der Waals surface area contributed by atoms with Crippen molar-refractivity contribution in [2.24, 2.45) is 4.99 Å². The molecule has 0 aliphatic carbocycles. The summed E-state index contributed by atoms with van der Waals surface area (Å²) < 4.78 is 24.7. The van der Waals surface area contributed by atoms with Crippen LogP contribution in [0.4, 0.5) is 0 Å². The van der Waals surface area contributed by atoms with Gasteiger partial charge in [0, 0.05) is 10.0 Å². The number of fused-ring (bicyclic) bond motifs is 2. The zero-order chi connectivity index (χ0) is 24.7. The van der Waals surface area contributed by atoms with Crippen LogP contribution >= 0.6 is 27.3 Å². The van der Waals surface area contributed by atoms with Gasteiger partial charge >= 0.3 is 5.97 Å². The van der Waals surface area contributed by atoms with Gasteiger partial charge in [-0.3, -0.25) is 9.36 Å². The second kappa shape index (κ2) is 9.35. The molecule has 0 fully saturated rings. The van der Waals surface area contributed by atoms with Crippen LogP contribution in [0.3, 0.4) is 0 Å². The lowest BCUT2D eigenvalue weighted by atomic mass is 9.95. The molecule has 3 aromatic rings. The van der Waals surface area contributed by atoms with E-state index >= 15 is 0 Å². The Morgan fingerprint density at radius 3 is 2.83 bits per heavy atom. The number of carbonyl (C=O) groups is 1. The highest BCUT2D eigenvalue weighted by Gasteiger charge is 2.34. The lowest BCUT2D eigenvalue weighted by Crippen LogP contribution is -2.39. The second-order valence-electron chi connectivity index (χ2n) is 7.80. The van der Waals surface area contributed by atoms with Crippen LogP contribution in [0.25, 0.3) is 6.08 Å². The Morgan fingerprint density at radius 2 is 2.06 bits per heavy atom. The van der Waals surface area contributed by atoms with Crippen LogP contribution in [0.15, 0.2) is 61.9 Å². The molecular weight excluding hydrogens is 536 g/mol. The number of thiazole rings is 1. The molecule has 2 aliphatic heterocycles. The van der Waals surface area contributed by atoms with Crippen LogP contribution < -0.4 is 29.1 Å².